The summed E-state index contributed by atoms with van der Waals surface area (Å²) < 4.78 is 10.6. The van der Waals surface area contributed by atoms with Gasteiger partial charge in [0.1, 0.15) is 6.10 Å². The Morgan fingerprint density at radius 3 is 2.69 bits per heavy atom. The molecule has 1 aromatic heterocycles. The maximum Gasteiger partial charge on any atom is 0.405 e. The number of aliphatic hydroxyl groups excluding tert-OH is 1. The van der Waals surface area contributed by atoms with Gasteiger partial charge in [-0.15, -0.1) is 11.6 Å². The van der Waals surface area contributed by atoms with Crippen LogP contribution in [-0.4, -0.2) is 40.0 Å². The molecule has 1 aromatic rings. The number of hydrogen-bond donors (Lipinski definition) is 3. The van der Waals surface area contributed by atoms with Gasteiger partial charge in [-0.25, -0.2) is 9.59 Å². The molecule has 0 bridgehead atoms. The van der Waals surface area contributed by atoms with Crippen molar-refractivity contribution >= 4 is 17.7 Å². The standard InChI is InChI=1S/C27H34ClNO6/c1-24(2)19-6-5-17-16(26(19,14-30)11-9-20(24)35-23(29)32)8-10-25(3)22(18(28)12-27(17,25)33)15-4-7-21(31)34-13-15/h4-5,7,9,11,13,16,18-20,22,30,33H,6,8,10,12,14H2,1-3H3,(H2,29,32)/t16-,18-,19-,20-,22-,25+,26-,27-/m0/s1. The Hall–Kier alpha value is -2.09. The lowest BCUT2D eigenvalue weighted by Gasteiger charge is -2.62. The van der Waals surface area contributed by atoms with Gasteiger partial charge >= 0.3 is 11.7 Å². The third-order valence-electron chi connectivity index (χ3n) is 9.97. The number of carbonyl (C=O) groups is 1. The number of carbonyl (C=O) groups excluding carboxylic acids is 1. The van der Waals surface area contributed by atoms with Crippen LogP contribution >= 0.6 is 11.6 Å². The molecule has 8 heteroatoms. The molecule has 0 unspecified atom stereocenters. The number of nitrogens with two attached hydrogens (primary N) is 1. The van der Waals surface area contributed by atoms with Crippen molar-refractivity contribution in [2.75, 3.05) is 6.61 Å². The highest BCUT2D eigenvalue weighted by Gasteiger charge is 2.69. The normalized spacial score (nSPS) is 43.5. The molecule has 1 amide bonds. The van der Waals surface area contributed by atoms with E-state index in [2.05, 4.69) is 13.0 Å². The van der Waals surface area contributed by atoms with Crippen molar-refractivity contribution in [3.63, 3.8) is 0 Å². The van der Waals surface area contributed by atoms with Gasteiger partial charge in [-0.1, -0.05) is 32.9 Å². The SMILES string of the molecule is CC1(C)[C@@H](OC(N)=O)C=C[C@]2(CO)[C@H]3CC[C@]4(C)[C@@H](c5ccc(=O)oc5)[C@@H](Cl)C[C@]4(O)C3=CC[C@@H]12. The minimum absolute atomic E-state index is 0.0107. The second-order valence-electron chi connectivity index (χ2n) is 11.7. The van der Waals surface area contributed by atoms with Crippen molar-refractivity contribution in [1.29, 1.82) is 0 Å². The number of ether oxygens (including phenoxy) is 1. The summed E-state index contributed by atoms with van der Waals surface area (Å²) in [6, 6.07) is 3.15. The predicted octanol–water partition coefficient (Wildman–Crippen LogP) is 3.87. The molecule has 4 N–H and O–H groups in total. The van der Waals surface area contributed by atoms with Gasteiger partial charge in [-0.3, -0.25) is 0 Å². The van der Waals surface area contributed by atoms with Crippen LogP contribution in [0.2, 0.25) is 0 Å². The van der Waals surface area contributed by atoms with Crippen LogP contribution in [0.3, 0.4) is 0 Å². The number of rotatable bonds is 3. The van der Waals surface area contributed by atoms with Crippen LogP contribution in [0.15, 0.2) is 51.4 Å². The highest BCUT2D eigenvalue weighted by Crippen LogP contribution is 2.70. The zero-order valence-corrected chi connectivity index (χ0v) is 21.1. The Kier molecular flexibility index (Phi) is 5.59. The minimum atomic E-state index is -1.16. The smallest absolute Gasteiger partial charge is 0.405 e. The van der Waals surface area contributed by atoms with Crippen molar-refractivity contribution in [3.8, 4) is 0 Å². The van der Waals surface area contributed by atoms with Gasteiger partial charge in [-0.05, 0) is 60.8 Å². The lowest BCUT2D eigenvalue weighted by atomic mass is 9.44. The molecular formula is C27H34ClNO6. The number of hydrogen-bond acceptors (Lipinski definition) is 6. The second kappa shape index (κ2) is 7.95. The molecule has 0 spiro atoms. The second-order valence-corrected chi connectivity index (χ2v) is 12.3. The van der Waals surface area contributed by atoms with Crippen LogP contribution in [-0.2, 0) is 4.74 Å². The Labute approximate surface area is 210 Å². The van der Waals surface area contributed by atoms with E-state index < -0.39 is 39.7 Å². The fraction of sp³-hybridized carbons (Fsp3) is 0.630. The van der Waals surface area contributed by atoms with Crippen molar-refractivity contribution in [2.24, 2.45) is 33.8 Å². The van der Waals surface area contributed by atoms with Crippen LogP contribution in [0.4, 0.5) is 4.79 Å². The van der Waals surface area contributed by atoms with E-state index in [1.165, 1.54) is 12.3 Å². The molecule has 4 aliphatic rings. The van der Waals surface area contributed by atoms with Gasteiger partial charge in [0.2, 0.25) is 0 Å². The maximum absolute atomic E-state index is 12.4. The van der Waals surface area contributed by atoms with E-state index in [1.54, 1.807) is 6.07 Å². The molecule has 0 aliphatic heterocycles. The van der Waals surface area contributed by atoms with E-state index in [4.69, 9.17) is 26.5 Å². The van der Waals surface area contributed by atoms with E-state index in [-0.39, 0.29) is 29.7 Å². The molecule has 190 valence electrons. The largest absolute Gasteiger partial charge is 0.442 e. The Morgan fingerprint density at radius 2 is 2.06 bits per heavy atom. The molecule has 35 heavy (non-hydrogen) atoms. The van der Waals surface area contributed by atoms with Gasteiger partial charge in [0, 0.05) is 33.6 Å². The summed E-state index contributed by atoms with van der Waals surface area (Å²) in [6.45, 7) is 6.09. The van der Waals surface area contributed by atoms with E-state index in [0.29, 0.717) is 19.3 Å². The number of allylic oxidation sites excluding steroid dienone is 1. The molecule has 0 aromatic carbocycles. The Morgan fingerprint density at radius 1 is 1.31 bits per heavy atom. The van der Waals surface area contributed by atoms with Crippen LogP contribution in [0.1, 0.15) is 57.9 Å². The monoisotopic (exact) mass is 503 g/mol. The van der Waals surface area contributed by atoms with Crippen molar-refractivity contribution in [1.82, 2.24) is 0 Å². The molecule has 7 nitrogen and oxygen atoms in total. The lowest BCUT2D eigenvalue weighted by Crippen LogP contribution is -2.61. The number of fused-ring (bicyclic) bond motifs is 5. The van der Waals surface area contributed by atoms with Crippen LogP contribution in [0, 0.1) is 28.1 Å². The number of amides is 1. The zero-order valence-electron chi connectivity index (χ0n) is 20.4. The molecule has 0 saturated heterocycles. The number of alkyl halides is 1. The molecule has 0 radical (unpaired) electrons. The summed E-state index contributed by atoms with van der Waals surface area (Å²) in [5.41, 5.74) is 3.89. The summed E-state index contributed by atoms with van der Waals surface area (Å²) >= 11 is 6.93. The molecule has 2 saturated carbocycles. The first-order valence-corrected chi connectivity index (χ1v) is 12.8. The average molecular weight is 504 g/mol. The highest BCUT2D eigenvalue weighted by atomic mass is 35.5. The van der Waals surface area contributed by atoms with Crippen molar-refractivity contribution in [3.05, 3.63) is 58.2 Å². The van der Waals surface area contributed by atoms with Crippen LogP contribution in [0.25, 0.3) is 0 Å². The van der Waals surface area contributed by atoms with Gasteiger partial charge < -0.3 is 25.1 Å². The summed E-state index contributed by atoms with van der Waals surface area (Å²) in [6.07, 6.45) is 8.61. The molecule has 8 atom stereocenters. The van der Waals surface area contributed by atoms with E-state index >= 15 is 0 Å². The van der Waals surface area contributed by atoms with Gasteiger partial charge in [0.15, 0.2) is 0 Å². The minimum Gasteiger partial charge on any atom is -0.442 e. The van der Waals surface area contributed by atoms with Gasteiger partial charge in [-0.2, -0.15) is 0 Å². The van der Waals surface area contributed by atoms with E-state index in [0.717, 1.165) is 17.6 Å². The number of primary amides is 1. The van der Waals surface area contributed by atoms with E-state index in [1.807, 2.05) is 26.0 Å². The number of halogens is 1. The van der Waals surface area contributed by atoms with Gasteiger partial charge in [0.05, 0.1) is 18.5 Å². The average Bonchev–Trinajstić information content (AvgIpc) is 3.01. The first-order chi connectivity index (χ1) is 16.4. The third-order valence-corrected chi connectivity index (χ3v) is 10.4. The quantitative estimate of drug-likeness (QED) is 0.425. The summed E-state index contributed by atoms with van der Waals surface area (Å²) in [5, 5.41) is 22.9. The van der Waals surface area contributed by atoms with Gasteiger partial charge in [0.25, 0.3) is 0 Å². The Balaban J connectivity index is 1.57. The predicted molar refractivity (Wildman–Crippen MR) is 131 cm³/mol. The first kappa shape index (κ1) is 24.6. The first-order valence-electron chi connectivity index (χ1n) is 12.3. The molecule has 4 aliphatic carbocycles. The third kappa shape index (κ3) is 3.24. The molecule has 5 rings (SSSR count). The number of aliphatic hydroxyl groups is 2. The van der Waals surface area contributed by atoms with Crippen molar-refractivity contribution in [2.45, 2.75) is 69.5 Å². The topological polar surface area (TPSA) is 123 Å². The fourth-order valence-corrected chi connectivity index (χ4v) is 8.86. The van der Waals surface area contributed by atoms with E-state index in [9.17, 15) is 19.8 Å². The summed E-state index contributed by atoms with van der Waals surface area (Å²) in [5.74, 6) is -0.274. The molecular weight excluding hydrogens is 470 g/mol. The van der Waals surface area contributed by atoms with Crippen LogP contribution in [0.5, 0.6) is 0 Å². The summed E-state index contributed by atoms with van der Waals surface area (Å²) in [4.78, 5) is 23.1. The Bertz CT molecular complexity index is 1140. The summed E-state index contributed by atoms with van der Waals surface area (Å²) in [7, 11) is 0. The highest BCUT2D eigenvalue weighted by molar-refractivity contribution is 6.21. The lowest BCUT2D eigenvalue weighted by molar-refractivity contribution is -0.117. The molecule has 2 fully saturated rings. The fourth-order valence-electron chi connectivity index (χ4n) is 8.22. The zero-order chi connectivity index (χ0) is 25.4. The molecule has 1 heterocycles. The van der Waals surface area contributed by atoms with Crippen molar-refractivity contribution < 1.29 is 24.2 Å². The maximum atomic E-state index is 12.4. The van der Waals surface area contributed by atoms with Crippen LogP contribution < -0.4 is 11.4 Å².